The van der Waals surface area contributed by atoms with Gasteiger partial charge in [-0.15, -0.1) is 0 Å². The van der Waals surface area contributed by atoms with E-state index in [0.717, 1.165) is 0 Å². The van der Waals surface area contributed by atoms with Crippen LogP contribution in [0, 0.1) is 13.8 Å². The Balaban J connectivity index is 0.000000462. The molecule has 0 fully saturated rings. The molecule has 0 bridgehead atoms. The quantitative estimate of drug-likeness (QED) is 0.279. The van der Waals surface area contributed by atoms with E-state index in [-0.39, 0.29) is 0 Å². The first-order valence-corrected chi connectivity index (χ1v) is 17.0. The maximum atomic E-state index is 2.33. The van der Waals surface area contributed by atoms with E-state index in [2.05, 4.69) is 59.7 Å². The van der Waals surface area contributed by atoms with Crippen molar-refractivity contribution < 1.29 is 0 Å². The van der Waals surface area contributed by atoms with Crippen LogP contribution in [0.5, 0.6) is 0 Å². The van der Waals surface area contributed by atoms with Gasteiger partial charge in [0, 0.05) is 0 Å². The molecule has 1 radical (unpaired) electrons. The fraction of sp³-hybridized carbons (Fsp3) is 0.750. The summed E-state index contributed by atoms with van der Waals surface area (Å²) in [6, 6.07) is 6.59. The fourth-order valence-corrected chi connectivity index (χ4v) is 12.6. The van der Waals surface area contributed by atoms with E-state index in [1.807, 2.05) is 0 Å². The van der Waals surface area contributed by atoms with Crippen LogP contribution in [0.15, 0.2) is 18.2 Å². The van der Waals surface area contributed by atoms with Gasteiger partial charge in [0.15, 0.2) is 0 Å². The first-order chi connectivity index (χ1) is 12.1. The zero-order chi connectivity index (χ0) is 18.9. The van der Waals surface area contributed by atoms with Crippen LogP contribution in [0.3, 0.4) is 0 Å². The van der Waals surface area contributed by atoms with Gasteiger partial charge in [-0.2, -0.15) is 0 Å². The van der Waals surface area contributed by atoms with Crippen LogP contribution >= 0.6 is 0 Å². The van der Waals surface area contributed by atoms with Gasteiger partial charge in [-0.3, -0.25) is 0 Å². The van der Waals surface area contributed by atoms with E-state index < -0.39 is 19.8 Å². The molecule has 1 rings (SSSR count). The van der Waals surface area contributed by atoms with Crippen molar-refractivity contribution in [3.05, 3.63) is 34.9 Å². The Morgan fingerprint density at radius 1 is 0.680 bits per heavy atom. The molecule has 0 aromatic heterocycles. The van der Waals surface area contributed by atoms with E-state index in [0.29, 0.717) is 0 Å². The van der Waals surface area contributed by atoms with Gasteiger partial charge in [0.05, 0.1) is 0 Å². The number of hydrogen-bond donors (Lipinski definition) is 0. The summed E-state index contributed by atoms with van der Waals surface area (Å²) in [6.07, 6.45) is 12.7. The molecule has 0 aliphatic carbocycles. The Bertz CT molecular complexity index is 392. The Morgan fingerprint density at radius 2 is 1.16 bits per heavy atom. The van der Waals surface area contributed by atoms with Crippen molar-refractivity contribution >= 4 is 19.8 Å². The number of hydrogen-bond acceptors (Lipinski definition) is 0. The number of aryl methyl sites for hydroxylation is 2. The van der Waals surface area contributed by atoms with Crippen molar-refractivity contribution in [2.45, 2.75) is 113 Å². The van der Waals surface area contributed by atoms with Gasteiger partial charge in [-0.25, -0.2) is 0 Å². The minimum atomic E-state index is -0.839. The van der Waals surface area contributed by atoms with Gasteiger partial charge in [-0.1, -0.05) is 31.5 Å². The van der Waals surface area contributed by atoms with Crippen LogP contribution < -0.4 is 0 Å². The average molecular weight is 452 g/mol. The molecule has 1 aromatic rings. The standard InChI is InChI=1S/C12H18.3C4H9.Sn/c1-4-5-8-12-9-6-7-10(2)11(12)3;3*1-3-4-2;/h6-7,9H,4-5,8H2,1-3H3;3*1,3-4H2,2H3;. The van der Waals surface area contributed by atoms with Crippen molar-refractivity contribution in [2.75, 3.05) is 0 Å². The molecule has 0 N–H and O–H groups in total. The number of rotatable bonds is 12. The first kappa shape index (κ1) is 25.0. The molecular weight excluding hydrogens is 407 g/mol. The summed E-state index contributed by atoms with van der Waals surface area (Å²) in [4.78, 5) is 0. The number of benzene rings is 1. The number of unbranched alkanes of at least 4 members (excludes halogenated alkanes) is 4. The topological polar surface area (TPSA) is 0 Å². The SMILES string of the molecule is CCCCc1cccc(C)c1C.CCC[CH2][Sn]([CH2]CCC)[CH2]CCC. The predicted octanol–water partition coefficient (Wildman–Crippen LogP) is 8.53. The third kappa shape index (κ3) is 12.9. The van der Waals surface area contributed by atoms with Gasteiger partial charge in [0.25, 0.3) is 0 Å². The van der Waals surface area contributed by atoms with Gasteiger partial charge in [0.1, 0.15) is 0 Å². The molecule has 0 atom stereocenters. The van der Waals surface area contributed by atoms with Gasteiger partial charge in [-0.05, 0) is 43.4 Å². The molecule has 0 aliphatic rings. The molecule has 0 saturated carbocycles. The second kappa shape index (κ2) is 17.4. The van der Waals surface area contributed by atoms with Crippen LogP contribution in [0.2, 0.25) is 13.3 Å². The third-order valence-electron chi connectivity index (χ3n) is 5.17. The average Bonchev–Trinajstić information content (AvgIpc) is 2.63. The van der Waals surface area contributed by atoms with Crippen molar-refractivity contribution in [1.29, 1.82) is 0 Å². The van der Waals surface area contributed by atoms with Crippen LogP contribution in [0.4, 0.5) is 0 Å². The van der Waals surface area contributed by atoms with Crippen molar-refractivity contribution in [3.8, 4) is 0 Å². The Hall–Kier alpha value is 0.0187. The molecule has 0 unspecified atom stereocenters. The molecule has 0 amide bonds. The zero-order valence-corrected chi connectivity index (χ0v) is 21.1. The van der Waals surface area contributed by atoms with Crippen LogP contribution in [0.1, 0.15) is 95.8 Å². The third-order valence-corrected chi connectivity index (χ3v) is 14.2. The van der Waals surface area contributed by atoms with E-state index in [9.17, 15) is 0 Å². The summed E-state index contributed by atoms with van der Waals surface area (Å²) in [6.45, 7) is 13.7. The van der Waals surface area contributed by atoms with Crippen molar-refractivity contribution in [3.63, 3.8) is 0 Å². The monoisotopic (exact) mass is 453 g/mol. The Kier molecular flexibility index (Phi) is 17.4. The molecule has 0 nitrogen and oxygen atoms in total. The summed E-state index contributed by atoms with van der Waals surface area (Å²) in [5.74, 6) is 0. The van der Waals surface area contributed by atoms with Gasteiger partial charge >= 0.3 is 92.4 Å². The molecule has 1 heteroatoms. The molecule has 0 spiro atoms. The molecule has 0 heterocycles. The molecule has 1 aromatic carbocycles. The van der Waals surface area contributed by atoms with Gasteiger partial charge < -0.3 is 0 Å². The van der Waals surface area contributed by atoms with Crippen LogP contribution in [0.25, 0.3) is 0 Å². The normalized spacial score (nSPS) is 10.7. The summed E-state index contributed by atoms with van der Waals surface area (Å²) < 4.78 is 5.04. The molecule has 145 valence electrons. The minimum absolute atomic E-state index is 0.839. The molecule has 25 heavy (non-hydrogen) atoms. The van der Waals surface area contributed by atoms with Crippen LogP contribution in [-0.2, 0) is 6.42 Å². The van der Waals surface area contributed by atoms with Crippen molar-refractivity contribution in [1.82, 2.24) is 0 Å². The zero-order valence-electron chi connectivity index (χ0n) is 18.2. The second-order valence-electron chi connectivity index (χ2n) is 7.52. The summed E-state index contributed by atoms with van der Waals surface area (Å²) in [7, 11) is 0. The molecule has 0 saturated heterocycles. The van der Waals surface area contributed by atoms with Crippen molar-refractivity contribution in [2.24, 2.45) is 0 Å². The van der Waals surface area contributed by atoms with Crippen LogP contribution in [-0.4, -0.2) is 19.8 Å². The van der Waals surface area contributed by atoms with E-state index in [1.54, 1.807) is 13.3 Å². The maximum absolute atomic E-state index is 2.33. The summed E-state index contributed by atoms with van der Waals surface area (Å²) in [5, 5.41) is 0. The van der Waals surface area contributed by atoms with E-state index in [4.69, 9.17) is 0 Å². The van der Waals surface area contributed by atoms with E-state index in [1.165, 1.54) is 74.5 Å². The molecule has 0 aliphatic heterocycles. The van der Waals surface area contributed by atoms with E-state index >= 15 is 0 Å². The second-order valence-corrected chi connectivity index (χ2v) is 16.1. The Morgan fingerprint density at radius 3 is 1.60 bits per heavy atom. The Labute approximate surface area is 166 Å². The first-order valence-electron chi connectivity index (χ1n) is 11.0. The summed E-state index contributed by atoms with van der Waals surface area (Å²) >= 11 is -0.839. The predicted molar refractivity (Wildman–Crippen MR) is 119 cm³/mol. The summed E-state index contributed by atoms with van der Waals surface area (Å²) in [5.41, 5.74) is 4.42. The fourth-order valence-electron chi connectivity index (χ4n) is 3.11. The molecular formula is C24H45Sn. The van der Waals surface area contributed by atoms with Gasteiger partial charge in [0.2, 0.25) is 0 Å².